The molecule has 0 saturated heterocycles. The third-order valence-electron chi connectivity index (χ3n) is 4.37. The van der Waals surface area contributed by atoms with Crippen LogP contribution >= 0.6 is 23.2 Å². The van der Waals surface area contributed by atoms with E-state index in [-0.39, 0.29) is 21.4 Å². The van der Waals surface area contributed by atoms with E-state index in [2.05, 4.69) is 0 Å². The molecule has 1 N–H and O–H groups in total. The first-order valence-electron chi connectivity index (χ1n) is 7.79. The van der Waals surface area contributed by atoms with Crippen LogP contribution in [0.15, 0.2) is 42.5 Å². The van der Waals surface area contributed by atoms with Gasteiger partial charge in [-0.1, -0.05) is 29.3 Å². The van der Waals surface area contributed by atoms with Crippen LogP contribution < -0.4 is 4.74 Å². The summed E-state index contributed by atoms with van der Waals surface area (Å²) in [5, 5.41) is 9.00. The van der Waals surface area contributed by atoms with Gasteiger partial charge in [0.2, 0.25) is 5.60 Å². The van der Waals surface area contributed by atoms with Gasteiger partial charge in [0, 0.05) is 28.1 Å². The lowest BCUT2D eigenvalue weighted by Crippen LogP contribution is -2.46. The first kappa shape index (κ1) is 19.6. The maximum Gasteiger partial charge on any atom is 0.432 e. The summed E-state index contributed by atoms with van der Waals surface area (Å²) in [5.74, 6) is -1.06. The van der Waals surface area contributed by atoms with E-state index in [1.165, 1.54) is 36.4 Å². The van der Waals surface area contributed by atoms with Crippen molar-refractivity contribution in [1.29, 1.82) is 0 Å². The number of carboxylic acid groups (broad SMARTS) is 1. The Bertz CT molecular complexity index is 933. The van der Waals surface area contributed by atoms with E-state index in [9.17, 15) is 18.0 Å². The van der Waals surface area contributed by atoms with Gasteiger partial charge in [-0.25, -0.2) is 4.79 Å². The largest absolute Gasteiger partial charge is 0.478 e. The number of aliphatic carboxylic acids is 1. The van der Waals surface area contributed by atoms with E-state index >= 15 is 0 Å². The van der Waals surface area contributed by atoms with Crippen molar-refractivity contribution >= 4 is 34.7 Å². The van der Waals surface area contributed by atoms with Crippen LogP contribution in [0.1, 0.15) is 23.6 Å². The molecule has 0 amide bonds. The molecule has 1 aliphatic heterocycles. The van der Waals surface area contributed by atoms with Crippen LogP contribution in [-0.2, 0) is 16.8 Å². The van der Waals surface area contributed by atoms with Gasteiger partial charge in [-0.05, 0) is 54.0 Å². The van der Waals surface area contributed by atoms with Crippen molar-refractivity contribution in [2.45, 2.75) is 25.1 Å². The number of ether oxygens (including phenoxy) is 1. The smallest absolute Gasteiger partial charge is 0.432 e. The van der Waals surface area contributed by atoms with E-state index in [4.69, 9.17) is 33.0 Å². The molecule has 2 aromatic carbocycles. The van der Waals surface area contributed by atoms with Gasteiger partial charge in [-0.15, -0.1) is 0 Å². The Kier molecular flexibility index (Phi) is 4.91. The van der Waals surface area contributed by atoms with Gasteiger partial charge in [0.25, 0.3) is 0 Å². The van der Waals surface area contributed by atoms with Crippen molar-refractivity contribution in [2.75, 3.05) is 0 Å². The molecule has 8 heteroatoms. The van der Waals surface area contributed by atoms with Crippen LogP contribution in [-0.4, -0.2) is 17.3 Å². The second kappa shape index (κ2) is 6.77. The molecule has 0 aliphatic carbocycles. The van der Waals surface area contributed by atoms with Gasteiger partial charge >= 0.3 is 12.1 Å². The number of carboxylic acids is 1. The Morgan fingerprint density at radius 1 is 1.19 bits per heavy atom. The number of hydrogen-bond donors (Lipinski definition) is 1. The number of hydrogen-bond acceptors (Lipinski definition) is 2. The molecule has 27 heavy (non-hydrogen) atoms. The van der Waals surface area contributed by atoms with E-state index in [1.807, 2.05) is 0 Å². The summed E-state index contributed by atoms with van der Waals surface area (Å²) in [6, 6.07) is 8.14. The molecule has 142 valence electrons. The van der Waals surface area contributed by atoms with Crippen molar-refractivity contribution in [3.63, 3.8) is 0 Å². The highest BCUT2D eigenvalue weighted by molar-refractivity contribution is 6.34. The molecule has 2 aromatic rings. The summed E-state index contributed by atoms with van der Waals surface area (Å²) in [4.78, 5) is 10.8. The first-order valence-corrected chi connectivity index (χ1v) is 8.54. The number of carbonyl (C=O) groups is 1. The van der Waals surface area contributed by atoms with Crippen molar-refractivity contribution in [1.82, 2.24) is 0 Å². The molecule has 1 heterocycles. The van der Waals surface area contributed by atoms with Crippen LogP contribution in [0.2, 0.25) is 10.0 Å². The van der Waals surface area contributed by atoms with E-state index in [1.54, 1.807) is 6.92 Å². The molecular weight excluding hydrogens is 404 g/mol. The number of halogens is 5. The second-order valence-electron chi connectivity index (χ2n) is 6.25. The molecule has 3 rings (SSSR count). The van der Waals surface area contributed by atoms with Crippen molar-refractivity contribution in [2.24, 2.45) is 0 Å². The van der Waals surface area contributed by atoms with E-state index < -0.39 is 24.2 Å². The zero-order valence-electron chi connectivity index (χ0n) is 13.9. The van der Waals surface area contributed by atoms with Crippen LogP contribution in [0.3, 0.4) is 0 Å². The topological polar surface area (TPSA) is 46.5 Å². The SMILES string of the molecule is C/C(=C\C(=O)O)c1ccc2c(c1)CC(c1cc(Cl)cc(Cl)c1)(C(F)(F)F)O2. The lowest BCUT2D eigenvalue weighted by atomic mass is 9.88. The molecule has 0 bridgehead atoms. The lowest BCUT2D eigenvalue weighted by molar-refractivity contribution is -0.248. The molecule has 0 saturated carbocycles. The number of allylic oxidation sites excluding steroid dienone is 1. The number of fused-ring (bicyclic) bond motifs is 1. The molecule has 1 atom stereocenters. The monoisotopic (exact) mass is 416 g/mol. The van der Waals surface area contributed by atoms with Gasteiger partial charge in [-0.2, -0.15) is 13.2 Å². The van der Waals surface area contributed by atoms with Crippen molar-refractivity contribution in [3.8, 4) is 5.75 Å². The number of benzene rings is 2. The normalized spacial score (nSPS) is 19.6. The molecule has 0 radical (unpaired) electrons. The molecular formula is C19H13Cl2F3O3. The second-order valence-corrected chi connectivity index (χ2v) is 7.12. The summed E-state index contributed by atoms with van der Waals surface area (Å²) in [5.41, 5.74) is -1.57. The Balaban J connectivity index is 2.10. The third-order valence-corrected chi connectivity index (χ3v) is 4.80. The standard InChI is InChI=1S/C19H13Cl2F3O3/c1-10(4-17(25)26)11-2-3-16-12(5-11)9-18(27-16,19(22,23)24)13-6-14(20)8-15(21)7-13/h2-8H,9H2,1H3,(H,25,26)/b10-4+. The predicted octanol–water partition coefficient (Wildman–Crippen LogP) is 5.87. The fourth-order valence-corrected chi connectivity index (χ4v) is 3.62. The van der Waals surface area contributed by atoms with Gasteiger partial charge in [0.1, 0.15) is 5.75 Å². The highest BCUT2D eigenvalue weighted by Gasteiger charge is 2.61. The van der Waals surface area contributed by atoms with Crippen molar-refractivity contribution in [3.05, 3.63) is 69.2 Å². The highest BCUT2D eigenvalue weighted by atomic mass is 35.5. The van der Waals surface area contributed by atoms with Crippen molar-refractivity contribution < 1.29 is 27.8 Å². The minimum atomic E-state index is -4.73. The lowest BCUT2D eigenvalue weighted by Gasteiger charge is -2.31. The maximum atomic E-state index is 14.1. The molecule has 0 fully saturated rings. The average Bonchev–Trinajstić information content (AvgIpc) is 2.93. The molecule has 1 aliphatic rings. The van der Waals surface area contributed by atoms with Gasteiger partial charge < -0.3 is 9.84 Å². The summed E-state index contributed by atoms with van der Waals surface area (Å²) in [6.07, 6.45) is -4.21. The van der Waals surface area contributed by atoms with E-state index in [0.717, 1.165) is 6.08 Å². The quantitative estimate of drug-likeness (QED) is 0.635. The fourth-order valence-electron chi connectivity index (χ4n) is 3.09. The van der Waals surface area contributed by atoms with Crippen LogP contribution in [0, 0.1) is 0 Å². The highest BCUT2D eigenvalue weighted by Crippen LogP contribution is 2.51. The maximum absolute atomic E-state index is 14.1. The fraction of sp³-hybridized carbons (Fsp3) is 0.211. The van der Waals surface area contributed by atoms with E-state index in [0.29, 0.717) is 16.7 Å². The molecule has 0 aromatic heterocycles. The predicted molar refractivity (Wildman–Crippen MR) is 96.3 cm³/mol. The van der Waals surface area contributed by atoms with Gasteiger partial charge in [0.15, 0.2) is 0 Å². The molecule has 1 unspecified atom stereocenters. The van der Waals surface area contributed by atoms with Gasteiger partial charge in [0.05, 0.1) is 0 Å². The number of alkyl halides is 3. The van der Waals surface area contributed by atoms with Gasteiger partial charge in [-0.3, -0.25) is 0 Å². The Labute approximate surface area is 163 Å². The van der Waals surface area contributed by atoms with Crippen LogP contribution in [0.25, 0.3) is 5.57 Å². The summed E-state index contributed by atoms with van der Waals surface area (Å²) in [6.45, 7) is 1.57. The zero-order valence-corrected chi connectivity index (χ0v) is 15.4. The third kappa shape index (κ3) is 3.64. The summed E-state index contributed by atoms with van der Waals surface area (Å²) in [7, 11) is 0. The Morgan fingerprint density at radius 2 is 1.81 bits per heavy atom. The Hall–Kier alpha value is -2.18. The zero-order chi connectivity index (χ0) is 20.0. The first-order chi connectivity index (χ1) is 12.5. The molecule has 0 spiro atoms. The summed E-state index contributed by atoms with van der Waals surface area (Å²) < 4.78 is 47.6. The van der Waals surface area contributed by atoms with Crippen LogP contribution in [0.5, 0.6) is 5.75 Å². The summed E-state index contributed by atoms with van der Waals surface area (Å²) >= 11 is 11.8. The molecule has 3 nitrogen and oxygen atoms in total. The number of rotatable bonds is 3. The van der Waals surface area contributed by atoms with Crippen LogP contribution in [0.4, 0.5) is 13.2 Å². The Morgan fingerprint density at radius 3 is 2.37 bits per heavy atom. The minimum absolute atomic E-state index is 0.0709. The average molecular weight is 417 g/mol. The minimum Gasteiger partial charge on any atom is -0.478 e.